The summed E-state index contributed by atoms with van der Waals surface area (Å²) in [6.45, 7) is 0. The van der Waals surface area contributed by atoms with Crippen molar-refractivity contribution in [2.45, 2.75) is 44.6 Å². The molecule has 88 valence electrons. The maximum absolute atomic E-state index is 11.8. The predicted molar refractivity (Wildman–Crippen MR) is 60.0 cm³/mol. The molecule has 3 heteroatoms. The van der Waals surface area contributed by atoms with E-state index >= 15 is 0 Å². The average Bonchev–Trinajstić information content (AvgIpc) is 2.82. The minimum atomic E-state index is -0.782. The fourth-order valence-electron chi connectivity index (χ4n) is 2.41. The number of furan rings is 1. The molecule has 1 saturated carbocycles. The van der Waals surface area contributed by atoms with Crippen molar-refractivity contribution in [1.29, 1.82) is 0 Å². The second-order valence-electron chi connectivity index (χ2n) is 4.62. The molecule has 1 aliphatic carbocycles. The van der Waals surface area contributed by atoms with Gasteiger partial charge in [0.1, 0.15) is 6.10 Å². The van der Waals surface area contributed by atoms with Crippen LogP contribution in [0, 0.1) is 5.92 Å². The number of aliphatic hydroxyl groups is 1. The molecule has 1 N–H and O–H groups in total. The van der Waals surface area contributed by atoms with Crippen molar-refractivity contribution >= 4 is 5.78 Å². The van der Waals surface area contributed by atoms with E-state index in [1.165, 1.54) is 6.42 Å². The van der Waals surface area contributed by atoms with Crippen LogP contribution in [0.25, 0.3) is 0 Å². The summed E-state index contributed by atoms with van der Waals surface area (Å²) in [7, 11) is 0. The highest BCUT2D eigenvalue weighted by atomic mass is 16.3. The van der Waals surface area contributed by atoms with Gasteiger partial charge < -0.3 is 9.52 Å². The maximum Gasteiger partial charge on any atom is 0.166 e. The van der Waals surface area contributed by atoms with Gasteiger partial charge in [0.05, 0.1) is 12.5 Å². The van der Waals surface area contributed by atoms with Crippen LogP contribution in [-0.2, 0) is 11.2 Å². The van der Waals surface area contributed by atoms with Gasteiger partial charge in [-0.05, 0) is 30.4 Å². The highest BCUT2D eigenvalue weighted by Crippen LogP contribution is 2.27. The maximum atomic E-state index is 11.8. The zero-order valence-corrected chi connectivity index (χ0v) is 9.39. The van der Waals surface area contributed by atoms with E-state index in [1.807, 2.05) is 0 Å². The molecule has 0 bridgehead atoms. The minimum absolute atomic E-state index is 0.0756. The fourth-order valence-corrected chi connectivity index (χ4v) is 2.41. The van der Waals surface area contributed by atoms with E-state index in [1.54, 1.807) is 18.6 Å². The van der Waals surface area contributed by atoms with Crippen LogP contribution in [-0.4, -0.2) is 17.0 Å². The molecule has 1 heterocycles. The Kier molecular flexibility index (Phi) is 3.78. The van der Waals surface area contributed by atoms with Crippen LogP contribution in [0.2, 0.25) is 0 Å². The van der Waals surface area contributed by atoms with Crippen LogP contribution >= 0.6 is 0 Å². The van der Waals surface area contributed by atoms with E-state index in [9.17, 15) is 9.90 Å². The Labute approximate surface area is 95.5 Å². The highest BCUT2D eigenvalue weighted by Gasteiger charge is 2.27. The van der Waals surface area contributed by atoms with Gasteiger partial charge in [-0.3, -0.25) is 4.79 Å². The number of hydrogen-bond donors (Lipinski definition) is 1. The summed E-state index contributed by atoms with van der Waals surface area (Å²) in [6.07, 6.45) is 8.10. The van der Waals surface area contributed by atoms with Crippen molar-refractivity contribution in [3.8, 4) is 0 Å². The minimum Gasteiger partial charge on any atom is -0.472 e. The lowest BCUT2D eigenvalue weighted by molar-refractivity contribution is -0.129. The standard InChI is InChI=1S/C13H18O3/c14-12(8-10-6-7-16-9-10)13(15)11-4-2-1-3-5-11/h6-7,9,11,13,15H,1-5,8H2. The number of ketones is 1. The first kappa shape index (κ1) is 11.4. The highest BCUT2D eigenvalue weighted by molar-refractivity contribution is 5.85. The number of carbonyl (C=O) groups excluding carboxylic acids is 1. The molecule has 1 atom stereocenters. The SMILES string of the molecule is O=C(Cc1ccoc1)C(O)C1CCCCC1. The Bertz CT molecular complexity index is 323. The van der Waals surface area contributed by atoms with Crippen molar-refractivity contribution < 1.29 is 14.3 Å². The predicted octanol–water partition coefficient (Wildman–Crippen LogP) is 2.33. The number of carbonyl (C=O) groups is 1. The first-order valence-electron chi connectivity index (χ1n) is 5.99. The van der Waals surface area contributed by atoms with Crippen LogP contribution in [0.1, 0.15) is 37.7 Å². The summed E-state index contributed by atoms with van der Waals surface area (Å²) in [5, 5.41) is 9.96. The van der Waals surface area contributed by atoms with Gasteiger partial charge in [-0.25, -0.2) is 0 Å². The number of rotatable bonds is 4. The zero-order valence-electron chi connectivity index (χ0n) is 9.39. The Hall–Kier alpha value is -1.09. The summed E-state index contributed by atoms with van der Waals surface area (Å²) in [6, 6.07) is 1.77. The van der Waals surface area contributed by atoms with E-state index in [4.69, 9.17) is 4.42 Å². The normalized spacial score (nSPS) is 19.6. The molecule has 0 saturated heterocycles. The lowest BCUT2D eigenvalue weighted by atomic mass is 9.83. The molecule has 0 radical (unpaired) electrons. The molecule has 0 aliphatic heterocycles. The van der Waals surface area contributed by atoms with E-state index in [0.29, 0.717) is 0 Å². The van der Waals surface area contributed by atoms with Crippen LogP contribution in [0.4, 0.5) is 0 Å². The smallest absolute Gasteiger partial charge is 0.166 e. The van der Waals surface area contributed by atoms with Crippen molar-refractivity contribution in [1.82, 2.24) is 0 Å². The molecule has 1 fully saturated rings. The molecule has 0 aromatic carbocycles. The Morgan fingerprint density at radius 1 is 1.44 bits per heavy atom. The Morgan fingerprint density at radius 2 is 2.19 bits per heavy atom. The summed E-state index contributed by atoms with van der Waals surface area (Å²) < 4.78 is 4.91. The van der Waals surface area contributed by atoms with Crippen LogP contribution in [0.3, 0.4) is 0 Å². The number of hydrogen-bond acceptors (Lipinski definition) is 3. The third-order valence-electron chi connectivity index (χ3n) is 3.38. The van der Waals surface area contributed by atoms with E-state index in [2.05, 4.69) is 0 Å². The van der Waals surface area contributed by atoms with Gasteiger partial charge in [0.25, 0.3) is 0 Å². The number of Topliss-reactive ketones (excluding diaryl/α,β-unsaturated/α-hetero) is 1. The van der Waals surface area contributed by atoms with Gasteiger partial charge in [0.2, 0.25) is 0 Å². The third kappa shape index (κ3) is 2.73. The van der Waals surface area contributed by atoms with Crippen molar-refractivity contribution in [3.05, 3.63) is 24.2 Å². The molecule has 1 aromatic rings. The second-order valence-corrected chi connectivity index (χ2v) is 4.62. The van der Waals surface area contributed by atoms with Crippen molar-refractivity contribution in [2.24, 2.45) is 5.92 Å². The fraction of sp³-hybridized carbons (Fsp3) is 0.615. The van der Waals surface area contributed by atoms with Gasteiger partial charge in [-0.1, -0.05) is 19.3 Å². The lowest BCUT2D eigenvalue weighted by Gasteiger charge is -2.25. The summed E-state index contributed by atoms with van der Waals surface area (Å²) in [5.41, 5.74) is 0.847. The molecule has 0 amide bonds. The zero-order chi connectivity index (χ0) is 11.4. The van der Waals surface area contributed by atoms with Gasteiger partial charge in [0.15, 0.2) is 5.78 Å². The second kappa shape index (κ2) is 5.30. The average molecular weight is 222 g/mol. The van der Waals surface area contributed by atoms with Crippen molar-refractivity contribution in [2.75, 3.05) is 0 Å². The Balaban J connectivity index is 1.88. The van der Waals surface area contributed by atoms with E-state index in [-0.39, 0.29) is 18.1 Å². The monoisotopic (exact) mass is 222 g/mol. The molecule has 16 heavy (non-hydrogen) atoms. The molecular weight excluding hydrogens is 204 g/mol. The molecule has 3 nitrogen and oxygen atoms in total. The Morgan fingerprint density at radius 3 is 2.81 bits per heavy atom. The largest absolute Gasteiger partial charge is 0.472 e. The molecule has 1 aromatic heterocycles. The van der Waals surface area contributed by atoms with E-state index < -0.39 is 6.10 Å². The molecule has 1 aliphatic rings. The molecule has 2 rings (SSSR count). The first-order chi connectivity index (χ1) is 7.77. The molecule has 0 spiro atoms. The van der Waals surface area contributed by atoms with Crippen LogP contribution in [0.15, 0.2) is 23.0 Å². The van der Waals surface area contributed by atoms with Gasteiger partial charge in [0, 0.05) is 6.42 Å². The summed E-state index contributed by atoms with van der Waals surface area (Å²) >= 11 is 0. The summed E-state index contributed by atoms with van der Waals surface area (Å²) in [5.74, 6) is 0.0986. The molecular formula is C13H18O3. The topological polar surface area (TPSA) is 50.4 Å². The first-order valence-corrected chi connectivity index (χ1v) is 5.99. The van der Waals surface area contributed by atoms with Crippen LogP contribution < -0.4 is 0 Å². The molecule has 1 unspecified atom stereocenters. The van der Waals surface area contributed by atoms with E-state index in [0.717, 1.165) is 31.2 Å². The number of aliphatic hydroxyl groups excluding tert-OH is 1. The van der Waals surface area contributed by atoms with Crippen LogP contribution in [0.5, 0.6) is 0 Å². The van der Waals surface area contributed by atoms with Gasteiger partial charge in [-0.2, -0.15) is 0 Å². The lowest BCUT2D eigenvalue weighted by Crippen LogP contribution is -2.32. The van der Waals surface area contributed by atoms with Gasteiger partial charge in [-0.15, -0.1) is 0 Å². The van der Waals surface area contributed by atoms with Crippen molar-refractivity contribution in [3.63, 3.8) is 0 Å². The summed E-state index contributed by atoms with van der Waals surface area (Å²) in [4.78, 5) is 11.8. The van der Waals surface area contributed by atoms with Gasteiger partial charge >= 0.3 is 0 Å². The third-order valence-corrected chi connectivity index (χ3v) is 3.38. The quantitative estimate of drug-likeness (QED) is 0.850.